The minimum atomic E-state index is -3.50. The average molecular weight is 204 g/mol. The third-order valence-corrected chi connectivity index (χ3v) is 3.28. The Hall–Kier alpha value is -1.37. The largest absolute Gasteiger partial charge is 0.478 e. The van der Waals surface area contributed by atoms with Crippen molar-refractivity contribution >= 4 is 10.2 Å². The van der Waals surface area contributed by atoms with Crippen molar-refractivity contribution in [1.82, 2.24) is 8.61 Å². The van der Waals surface area contributed by atoms with E-state index in [2.05, 4.69) is 0 Å². The molecule has 72 valence electrons. The highest BCUT2D eigenvalue weighted by atomic mass is 32.2. The highest BCUT2D eigenvalue weighted by Gasteiger charge is 2.29. The van der Waals surface area contributed by atoms with Crippen molar-refractivity contribution in [3.05, 3.63) is 24.9 Å². The Morgan fingerprint density at radius 1 is 1.00 bits per heavy atom. The van der Waals surface area contributed by atoms with E-state index in [1.165, 1.54) is 24.9 Å². The summed E-state index contributed by atoms with van der Waals surface area (Å²) in [6.07, 6.45) is 5.39. The van der Waals surface area contributed by atoms with Crippen LogP contribution in [0.3, 0.4) is 0 Å². The second-order valence-electron chi connectivity index (χ2n) is 2.44. The quantitative estimate of drug-likeness (QED) is 0.622. The summed E-state index contributed by atoms with van der Waals surface area (Å²) in [5.74, 6) is 0. The maximum absolute atomic E-state index is 11.6. The second-order valence-corrected chi connectivity index (χ2v) is 4.28. The summed E-state index contributed by atoms with van der Waals surface area (Å²) in [4.78, 5) is 0. The molecule has 0 aromatic heterocycles. The maximum Gasteiger partial charge on any atom is 0.331 e. The standard InChI is InChI=1S/C6H8N2O4S/c9-13(10,7-1-3-11-5-7)8-2-4-12-6-8/h1-4H,5-6H2. The lowest BCUT2D eigenvalue weighted by Crippen LogP contribution is -2.36. The Kier molecular flexibility index (Phi) is 1.80. The molecule has 0 saturated carbocycles. The van der Waals surface area contributed by atoms with E-state index in [-0.39, 0.29) is 13.5 Å². The Morgan fingerprint density at radius 2 is 1.46 bits per heavy atom. The van der Waals surface area contributed by atoms with Gasteiger partial charge in [-0.25, -0.2) is 8.61 Å². The summed E-state index contributed by atoms with van der Waals surface area (Å²) in [5, 5.41) is 0. The number of hydrogen-bond donors (Lipinski definition) is 0. The summed E-state index contributed by atoms with van der Waals surface area (Å²) in [7, 11) is -3.50. The molecule has 2 aliphatic rings. The van der Waals surface area contributed by atoms with Crippen molar-refractivity contribution in [3.63, 3.8) is 0 Å². The molecule has 0 aromatic carbocycles. The molecule has 0 radical (unpaired) electrons. The first-order chi connectivity index (χ1) is 6.21. The first kappa shape index (κ1) is 8.24. The molecule has 6 nitrogen and oxygen atoms in total. The lowest BCUT2D eigenvalue weighted by atomic mass is 11.0. The van der Waals surface area contributed by atoms with Crippen LogP contribution in [0.25, 0.3) is 0 Å². The van der Waals surface area contributed by atoms with Gasteiger partial charge in [0.2, 0.25) is 0 Å². The van der Waals surface area contributed by atoms with Crippen LogP contribution in [0.5, 0.6) is 0 Å². The van der Waals surface area contributed by atoms with Crippen LogP contribution in [0, 0.1) is 0 Å². The number of nitrogens with zero attached hydrogens (tertiary/aromatic N) is 2. The van der Waals surface area contributed by atoms with E-state index < -0.39 is 10.2 Å². The van der Waals surface area contributed by atoms with E-state index >= 15 is 0 Å². The van der Waals surface area contributed by atoms with Gasteiger partial charge in [0, 0.05) is 0 Å². The Bertz CT molecular complexity index is 320. The Morgan fingerprint density at radius 3 is 1.77 bits per heavy atom. The normalized spacial score (nSPS) is 20.6. The van der Waals surface area contributed by atoms with Gasteiger partial charge in [0.15, 0.2) is 13.5 Å². The lowest BCUT2D eigenvalue weighted by molar-refractivity contribution is 0.196. The number of ether oxygens (including phenoxy) is 2. The molecule has 2 heterocycles. The highest BCUT2D eigenvalue weighted by molar-refractivity contribution is 7.86. The third kappa shape index (κ3) is 1.31. The number of rotatable bonds is 2. The monoisotopic (exact) mass is 204 g/mol. The van der Waals surface area contributed by atoms with Gasteiger partial charge in [-0.1, -0.05) is 0 Å². The van der Waals surface area contributed by atoms with E-state index in [1.807, 2.05) is 0 Å². The van der Waals surface area contributed by atoms with Gasteiger partial charge in [-0.05, 0) is 0 Å². The fraction of sp³-hybridized carbons (Fsp3) is 0.333. The van der Waals surface area contributed by atoms with E-state index in [9.17, 15) is 8.42 Å². The van der Waals surface area contributed by atoms with Gasteiger partial charge in [0.1, 0.15) is 12.5 Å². The van der Waals surface area contributed by atoms with Gasteiger partial charge < -0.3 is 9.47 Å². The molecule has 7 heteroatoms. The molecule has 0 bridgehead atoms. The molecule has 0 N–H and O–H groups in total. The molecule has 0 atom stereocenters. The van der Waals surface area contributed by atoms with Crippen LogP contribution in [0.2, 0.25) is 0 Å². The predicted octanol–water partition coefficient (Wildman–Crippen LogP) is -0.247. The molecule has 0 aliphatic carbocycles. The van der Waals surface area contributed by atoms with Crippen molar-refractivity contribution < 1.29 is 17.9 Å². The van der Waals surface area contributed by atoms with Crippen LogP contribution < -0.4 is 0 Å². The first-order valence-electron chi connectivity index (χ1n) is 3.56. The molecular formula is C6H8N2O4S. The summed E-state index contributed by atoms with van der Waals surface area (Å²) in [5.41, 5.74) is 0. The molecule has 13 heavy (non-hydrogen) atoms. The average Bonchev–Trinajstić information content (AvgIpc) is 2.78. The van der Waals surface area contributed by atoms with Crippen molar-refractivity contribution in [1.29, 1.82) is 0 Å². The van der Waals surface area contributed by atoms with Gasteiger partial charge in [0.05, 0.1) is 12.4 Å². The fourth-order valence-corrected chi connectivity index (χ4v) is 2.03. The first-order valence-corrected chi connectivity index (χ1v) is 4.96. The molecule has 0 saturated heterocycles. The van der Waals surface area contributed by atoms with Crippen LogP contribution in [0.4, 0.5) is 0 Å². The van der Waals surface area contributed by atoms with Crippen molar-refractivity contribution in [2.75, 3.05) is 13.5 Å². The van der Waals surface area contributed by atoms with E-state index in [4.69, 9.17) is 9.47 Å². The van der Waals surface area contributed by atoms with E-state index in [0.717, 1.165) is 8.61 Å². The lowest BCUT2D eigenvalue weighted by Gasteiger charge is -2.20. The highest BCUT2D eigenvalue weighted by Crippen LogP contribution is 2.16. The van der Waals surface area contributed by atoms with Crippen LogP contribution in [0.1, 0.15) is 0 Å². The smallest absolute Gasteiger partial charge is 0.331 e. The minimum Gasteiger partial charge on any atom is -0.478 e. The van der Waals surface area contributed by atoms with E-state index in [1.54, 1.807) is 0 Å². The SMILES string of the molecule is O=S(=O)(N1C=COC1)N1C=COC1. The zero-order chi connectivity index (χ0) is 9.31. The van der Waals surface area contributed by atoms with Crippen LogP contribution in [-0.2, 0) is 19.7 Å². The molecule has 0 amide bonds. The molecule has 0 unspecified atom stereocenters. The predicted molar refractivity (Wildman–Crippen MR) is 42.8 cm³/mol. The van der Waals surface area contributed by atoms with Gasteiger partial charge in [-0.3, -0.25) is 0 Å². The minimum absolute atomic E-state index is 0.0205. The summed E-state index contributed by atoms with van der Waals surface area (Å²) in [6.45, 7) is 0.0410. The molecule has 0 fully saturated rings. The van der Waals surface area contributed by atoms with Gasteiger partial charge in [-0.15, -0.1) is 0 Å². The molecule has 2 rings (SSSR count). The zero-order valence-corrected chi connectivity index (χ0v) is 7.48. The maximum atomic E-state index is 11.6. The third-order valence-electron chi connectivity index (χ3n) is 1.64. The van der Waals surface area contributed by atoms with E-state index in [0.29, 0.717) is 0 Å². The number of hydrogen-bond acceptors (Lipinski definition) is 4. The molecule has 2 aliphatic heterocycles. The fourth-order valence-electron chi connectivity index (χ4n) is 0.963. The topological polar surface area (TPSA) is 59.1 Å². The summed E-state index contributed by atoms with van der Waals surface area (Å²) in [6, 6.07) is 0. The molecule has 0 spiro atoms. The van der Waals surface area contributed by atoms with Crippen LogP contribution in [0.15, 0.2) is 24.9 Å². The van der Waals surface area contributed by atoms with Crippen LogP contribution in [-0.4, -0.2) is 30.5 Å². The van der Waals surface area contributed by atoms with Crippen molar-refractivity contribution in [3.8, 4) is 0 Å². The van der Waals surface area contributed by atoms with Gasteiger partial charge in [-0.2, -0.15) is 8.42 Å². The molecule has 0 aromatic rings. The zero-order valence-electron chi connectivity index (χ0n) is 6.66. The van der Waals surface area contributed by atoms with Gasteiger partial charge >= 0.3 is 10.2 Å². The summed E-state index contributed by atoms with van der Waals surface area (Å²) < 4.78 is 35.0. The Balaban J connectivity index is 2.19. The summed E-state index contributed by atoms with van der Waals surface area (Å²) >= 11 is 0. The molecular weight excluding hydrogens is 196 g/mol. The second kappa shape index (κ2) is 2.84. The van der Waals surface area contributed by atoms with Crippen molar-refractivity contribution in [2.45, 2.75) is 0 Å². The van der Waals surface area contributed by atoms with Crippen LogP contribution >= 0.6 is 0 Å². The van der Waals surface area contributed by atoms with Crippen molar-refractivity contribution in [2.24, 2.45) is 0 Å². The Labute approximate surface area is 75.8 Å². The van der Waals surface area contributed by atoms with Gasteiger partial charge in [0.25, 0.3) is 0 Å².